The van der Waals surface area contributed by atoms with Crippen molar-refractivity contribution in [3.8, 4) is 0 Å². The molecular formula is C26H25F3N4O2. The molecule has 1 fully saturated rings. The van der Waals surface area contributed by atoms with Crippen LogP contribution in [-0.2, 0) is 11.0 Å². The molecular weight excluding hydrogens is 457 g/mol. The van der Waals surface area contributed by atoms with Crippen LogP contribution in [0.5, 0.6) is 0 Å². The van der Waals surface area contributed by atoms with Crippen molar-refractivity contribution < 1.29 is 22.8 Å². The lowest BCUT2D eigenvalue weighted by Crippen LogP contribution is -2.23. The Balaban J connectivity index is 1.38. The van der Waals surface area contributed by atoms with Crippen LogP contribution in [0.2, 0.25) is 0 Å². The van der Waals surface area contributed by atoms with E-state index < -0.39 is 23.6 Å². The molecule has 9 heteroatoms. The Bertz CT molecular complexity index is 1180. The summed E-state index contributed by atoms with van der Waals surface area (Å²) in [5, 5.41) is 7.71. The lowest BCUT2D eigenvalue weighted by Gasteiger charge is -2.18. The Morgan fingerprint density at radius 2 is 1.49 bits per heavy atom. The van der Waals surface area contributed by atoms with Gasteiger partial charge in [0.2, 0.25) is 5.91 Å². The highest BCUT2D eigenvalue weighted by Crippen LogP contribution is 2.36. The zero-order valence-electron chi connectivity index (χ0n) is 18.9. The lowest BCUT2D eigenvalue weighted by atomic mass is 10.1. The van der Waals surface area contributed by atoms with Crippen LogP contribution < -0.4 is 20.9 Å². The molecule has 1 aliphatic rings. The molecule has 0 saturated carbocycles. The summed E-state index contributed by atoms with van der Waals surface area (Å²) in [6.45, 7) is 1.66. The first-order valence-electron chi connectivity index (χ1n) is 11.3. The van der Waals surface area contributed by atoms with Crippen molar-refractivity contribution in [3.05, 3.63) is 83.9 Å². The molecule has 0 aliphatic carbocycles. The smallest absolute Gasteiger partial charge is 0.376 e. The maximum Gasteiger partial charge on any atom is 0.418 e. The number of amides is 2. The Morgan fingerprint density at radius 1 is 0.829 bits per heavy atom. The third kappa shape index (κ3) is 6.32. The lowest BCUT2D eigenvalue weighted by molar-refractivity contribution is -0.137. The Labute approximate surface area is 201 Å². The molecule has 0 bridgehead atoms. The highest BCUT2D eigenvalue weighted by molar-refractivity contribution is 6.04. The number of benzene rings is 3. The summed E-state index contributed by atoms with van der Waals surface area (Å²) < 4.78 is 41.0. The number of alkyl halides is 3. The van der Waals surface area contributed by atoms with Crippen LogP contribution in [0.15, 0.2) is 72.8 Å². The summed E-state index contributed by atoms with van der Waals surface area (Å²) in [6.07, 6.45) is -2.37. The summed E-state index contributed by atoms with van der Waals surface area (Å²) in [6, 6.07) is 19.0. The third-order valence-electron chi connectivity index (χ3n) is 5.68. The van der Waals surface area contributed by atoms with Crippen LogP contribution >= 0.6 is 0 Å². The van der Waals surface area contributed by atoms with Gasteiger partial charge in [-0.05, 0) is 67.4 Å². The van der Waals surface area contributed by atoms with E-state index in [0.717, 1.165) is 37.7 Å². The van der Waals surface area contributed by atoms with Crippen LogP contribution in [0.1, 0.15) is 28.8 Å². The van der Waals surface area contributed by atoms with Gasteiger partial charge in [0.15, 0.2) is 0 Å². The van der Waals surface area contributed by atoms with E-state index >= 15 is 0 Å². The second-order valence-electron chi connectivity index (χ2n) is 8.22. The summed E-state index contributed by atoms with van der Waals surface area (Å²) in [4.78, 5) is 26.9. The van der Waals surface area contributed by atoms with Crippen molar-refractivity contribution in [2.24, 2.45) is 0 Å². The summed E-state index contributed by atoms with van der Waals surface area (Å²) in [5.41, 5.74) is 0.733. The van der Waals surface area contributed by atoms with Crippen molar-refractivity contribution in [2.75, 3.05) is 40.5 Å². The average Bonchev–Trinajstić information content (AvgIpc) is 3.39. The number of carbonyl (C=O) groups is 2. The fourth-order valence-electron chi connectivity index (χ4n) is 3.92. The molecule has 1 heterocycles. The fourth-order valence-corrected chi connectivity index (χ4v) is 3.92. The van der Waals surface area contributed by atoms with E-state index in [1.54, 1.807) is 42.5 Å². The number of anilines is 4. The fraction of sp³-hybridized carbons (Fsp3) is 0.231. The summed E-state index contributed by atoms with van der Waals surface area (Å²) in [7, 11) is 0. The molecule has 0 atom stereocenters. The molecule has 0 radical (unpaired) electrons. The van der Waals surface area contributed by atoms with E-state index in [1.807, 2.05) is 12.1 Å². The molecule has 1 aliphatic heterocycles. The molecule has 3 aromatic rings. The Morgan fingerprint density at radius 3 is 2.14 bits per heavy atom. The average molecular weight is 483 g/mol. The maximum atomic E-state index is 13.7. The predicted octanol–water partition coefficient (Wildman–Crippen LogP) is 5.61. The van der Waals surface area contributed by atoms with E-state index in [-0.39, 0.29) is 17.9 Å². The zero-order chi connectivity index (χ0) is 24.8. The second kappa shape index (κ2) is 10.5. The third-order valence-corrected chi connectivity index (χ3v) is 5.68. The standard InChI is InChI=1S/C26H25F3N4O2/c27-26(28,29)22-16-20(32-25(35)18-6-2-1-3-7-18)10-13-23(22)30-17-24(34)31-19-8-11-21(12-9-19)33-14-4-5-15-33/h1-3,6-13,16,30H,4-5,14-15,17H2,(H,31,34)(H,32,35). The van der Waals surface area contributed by atoms with Gasteiger partial charge in [0, 0.05) is 41.4 Å². The van der Waals surface area contributed by atoms with Gasteiger partial charge in [0.25, 0.3) is 5.91 Å². The number of rotatable bonds is 7. The molecule has 182 valence electrons. The van der Waals surface area contributed by atoms with Crippen LogP contribution in [0.25, 0.3) is 0 Å². The molecule has 1 saturated heterocycles. The highest BCUT2D eigenvalue weighted by Gasteiger charge is 2.34. The first-order valence-corrected chi connectivity index (χ1v) is 11.3. The quantitative estimate of drug-likeness (QED) is 0.409. The van der Waals surface area contributed by atoms with Crippen LogP contribution in [-0.4, -0.2) is 31.4 Å². The van der Waals surface area contributed by atoms with Gasteiger partial charge >= 0.3 is 6.18 Å². The van der Waals surface area contributed by atoms with E-state index in [4.69, 9.17) is 0 Å². The molecule has 0 unspecified atom stereocenters. The van der Waals surface area contributed by atoms with Crippen molar-refractivity contribution in [2.45, 2.75) is 19.0 Å². The number of hydrogen-bond acceptors (Lipinski definition) is 4. The molecule has 0 aromatic heterocycles. The Kier molecular flexibility index (Phi) is 7.24. The summed E-state index contributed by atoms with van der Waals surface area (Å²) in [5.74, 6) is -0.997. The van der Waals surface area contributed by atoms with E-state index in [9.17, 15) is 22.8 Å². The van der Waals surface area contributed by atoms with E-state index in [2.05, 4.69) is 20.9 Å². The molecule has 6 nitrogen and oxygen atoms in total. The van der Waals surface area contributed by atoms with Gasteiger partial charge in [-0.3, -0.25) is 9.59 Å². The minimum atomic E-state index is -4.68. The zero-order valence-corrected chi connectivity index (χ0v) is 18.9. The van der Waals surface area contributed by atoms with Crippen molar-refractivity contribution in [1.29, 1.82) is 0 Å². The van der Waals surface area contributed by atoms with Gasteiger partial charge in [0.1, 0.15) is 0 Å². The monoisotopic (exact) mass is 482 g/mol. The van der Waals surface area contributed by atoms with E-state index in [1.165, 1.54) is 12.1 Å². The van der Waals surface area contributed by atoms with E-state index in [0.29, 0.717) is 11.3 Å². The summed E-state index contributed by atoms with van der Waals surface area (Å²) >= 11 is 0. The van der Waals surface area contributed by atoms with Crippen molar-refractivity contribution in [1.82, 2.24) is 0 Å². The number of nitrogens with zero attached hydrogens (tertiary/aromatic N) is 1. The number of carbonyl (C=O) groups excluding carboxylic acids is 2. The predicted molar refractivity (Wildman–Crippen MR) is 131 cm³/mol. The van der Waals surface area contributed by atoms with Gasteiger partial charge in [-0.25, -0.2) is 0 Å². The van der Waals surface area contributed by atoms with Gasteiger partial charge in [-0.1, -0.05) is 18.2 Å². The van der Waals surface area contributed by atoms with Crippen LogP contribution in [0.3, 0.4) is 0 Å². The van der Waals surface area contributed by atoms with Gasteiger partial charge in [-0.2, -0.15) is 13.2 Å². The molecule has 3 aromatic carbocycles. The first-order chi connectivity index (χ1) is 16.8. The topological polar surface area (TPSA) is 73.5 Å². The largest absolute Gasteiger partial charge is 0.418 e. The van der Waals surface area contributed by atoms with Gasteiger partial charge in [0.05, 0.1) is 12.1 Å². The molecule has 3 N–H and O–H groups in total. The van der Waals surface area contributed by atoms with Crippen LogP contribution in [0, 0.1) is 0 Å². The number of hydrogen-bond donors (Lipinski definition) is 3. The molecule has 4 rings (SSSR count). The van der Waals surface area contributed by atoms with Gasteiger partial charge < -0.3 is 20.9 Å². The van der Waals surface area contributed by atoms with Gasteiger partial charge in [-0.15, -0.1) is 0 Å². The number of nitrogens with one attached hydrogen (secondary N) is 3. The SMILES string of the molecule is O=C(CNc1ccc(NC(=O)c2ccccc2)cc1C(F)(F)F)Nc1ccc(N2CCCC2)cc1. The normalized spacial score (nSPS) is 13.4. The maximum absolute atomic E-state index is 13.7. The minimum absolute atomic E-state index is 0.000674. The Hall–Kier alpha value is -4.01. The molecule has 2 amide bonds. The molecule has 35 heavy (non-hydrogen) atoms. The second-order valence-corrected chi connectivity index (χ2v) is 8.22. The van der Waals surface area contributed by atoms with Crippen molar-refractivity contribution >= 4 is 34.6 Å². The first kappa shape index (κ1) is 24.1. The number of halogens is 3. The molecule has 0 spiro atoms. The highest BCUT2D eigenvalue weighted by atomic mass is 19.4. The van der Waals surface area contributed by atoms with Crippen molar-refractivity contribution in [3.63, 3.8) is 0 Å². The minimum Gasteiger partial charge on any atom is -0.376 e. The van der Waals surface area contributed by atoms with Crippen LogP contribution in [0.4, 0.5) is 35.9 Å².